The number of nitriles is 1. The Hall–Kier alpha value is -1.34. The number of fused-ring (bicyclic) bond motifs is 1. The van der Waals surface area contributed by atoms with Crippen molar-refractivity contribution < 1.29 is 4.79 Å². The second-order valence-electron chi connectivity index (χ2n) is 8.86. The molecule has 1 amide bonds. The van der Waals surface area contributed by atoms with Crippen LogP contribution >= 0.6 is 11.3 Å². The highest BCUT2D eigenvalue weighted by Gasteiger charge is 2.32. The molecule has 1 saturated carbocycles. The number of rotatable bonds is 4. The van der Waals surface area contributed by atoms with E-state index in [0.29, 0.717) is 17.8 Å². The Morgan fingerprint density at radius 1 is 1.28 bits per heavy atom. The van der Waals surface area contributed by atoms with E-state index in [1.165, 1.54) is 36.1 Å². The molecule has 0 unspecified atom stereocenters. The number of thiophene rings is 1. The van der Waals surface area contributed by atoms with Gasteiger partial charge in [-0.25, -0.2) is 0 Å². The Balaban J connectivity index is 1.67. The summed E-state index contributed by atoms with van der Waals surface area (Å²) in [7, 11) is 0. The van der Waals surface area contributed by atoms with Crippen LogP contribution in [0.1, 0.15) is 81.7 Å². The van der Waals surface area contributed by atoms with Gasteiger partial charge in [0.05, 0.1) is 5.56 Å². The quantitative estimate of drug-likeness (QED) is 0.753. The maximum absolute atomic E-state index is 12.4. The van der Waals surface area contributed by atoms with Gasteiger partial charge in [-0.3, -0.25) is 4.79 Å². The first-order valence-corrected chi connectivity index (χ1v) is 10.5. The summed E-state index contributed by atoms with van der Waals surface area (Å²) in [6.07, 6.45) is 9.90. The van der Waals surface area contributed by atoms with E-state index in [0.717, 1.165) is 42.2 Å². The highest BCUT2D eigenvalue weighted by Crippen LogP contribution is 2.44. The van der Waals surface area contributed by atoms with E-state index in [1.807, 2.05) is 0 Å². The smallest absolute Gasteiger partial charge is 0.225 e. The number of nitrogens with one attached hydrogen (secondary N) is 1. The minimum atomic E-state index is 0.0781. The van der Waals surface area contributed by atoms with Gasteiger partial charge in [0, 0.05) is 11.3 Å². The lowest BCUT2D eigenvalue weighted by Crippen LogP contribution is -2.26. The Labute approximate surface area is 155 Å². The third-order valence-electron chi connectivity index (χ3n) is 6.11. The van der Waals surface area contributed by atoms with Crippen molar-refractivity contribution in [1.29, 1.82) is 5.26 Å². The highest BCUT2D eigenvalue weighted by atomic mass is 32.1. The molecule has 2 aliphatic rings. The number of amides is 1. The molecule has 1 atom stereocenters. The highest BCUT2D eigenvalue weighted by molar-refractivity contribution is 7.16. The van der Waals surface area contributed by atoms with Gasteiger partial charge >= 0.3 is 0 Å². The predicted octanol–water partition coefficient (Wildman–Crippen LogP) is 5.68. The van der Waals surface area contributed by atoms with Crippen LogP contribution in [-0.2, 0) is 17.6 Å². The van der Waals surface area contributed by atoms with Crippen LogP contribution in [0.4, 0.5) is 5.00 Å². The number of carbonyl (C=O) groups excluding carboxylic acids is 1. The molecule has 0 saturated heterocycles. The molecule has 0 bridgehead atoms. The minimum absolute atomic E-state index is 0.0781. The first-order valence-electron chi connectivity index (χ1n) is 9.73. The van der Waals surface area contributed by atoms with E-state index in [9.17, 15) is 10.1 Å². The average molecular weight is 359 g/mol. The van der Waals surface area contributed by atoms with E-state index in [1.54, 1.807) is 11.3 Å². The topological polar surface area (TPSA) is 52.9 Å². The normalized spacial score (nSPS) is 21.0. The first-order chi connectivity index (χ1) is 11.9. The first kappa shape index (κ1) is 18.5. The van der Waals surface area contributed by atoms with E-state index in [2.05, 4.69) is 32.2 Å². The van der Waals surface area contributed by atoms with Crippen molar-refractivity contribution in [2.75, 3.05) is 5.32 Å². The summed E-state index contributed by atoms with van der Waals surface area (Å²) in [5.41, 5.74) is 2.21. The molecule has 0 aliphatic heterocycles. The molecule has 1 N–H and O–H groups in total. The van der Waals surface area contributed by atoms with Crippen molar-refractivity contribution in [3.05, 3.63) is 16.0 Å². The van der Waals surface area contributed by atoms with Crippen LogP contribution in [0.3, 0.4) is 0 Å². The van der Waals surface area contributed by atoms with Gasteiger partial charge in [0.25, 0.3) is 0 Å². The monoisotopic (exact) mass is 358 g/mol. The fourth-order valence-corrected chi connectivity index (χ4v) is 5.65. The minimum Gasteiger partial charge on any atom is -0.317 e. The van der Waals surface area contributed by atoms with Crippen LogP contribution in [0.5, 0.6) is 0 Å². The van der Waals surface area contributed by atoms with E-state index >= 15 is 0 Å². The van der Waals surface area contributed by atoms with E-state index < -0.39 is 0 Å². The maximum Gasteiger partial charge on any atom is 0.225 e. The lowest BCUT2D eigenvalue weighted by Gasteiger charge is -2.33. The largest absolute Gasteiger partial charge is 0.317 e. The summed E-state index contributed by atoms with van der Waals surface area (Å²) < 4.78 is 0. The van der Waals surface area contributed by atoms with Gasteiger partial charge in [-0.2, -0.15) is 5.26 Å². The Kier molecular flexibility index (Phi) is 5.53. The van der Waals surface area contributed by atoms with Gasteiger partial charge in [-0.1, -0.05) is 46.5 Å². The molecule has 0 radical (unpaired) electrons. The molecular weight excluding hydrogens is 328 g/mol. The SMILES string of the molecule is CC(C)(C)[C@@H]1CCc2c(sc(NC(=O)CCC3CCCC3)c2C#N)C1. The van der Waals surface area contributed by atoms with Gasteiger partial charge < -0.3 is 5.32 Å². The Bertz CT molecular complexity index is 671. The average Bonchev–Trinajstić information content (AvgIpc) is 3.18. The van der Waals surface area contributed by atoms with Crippen molar-refractivity contribution in [2.24, 2.45) is 17.3 Å². The maximum atomic E-state index is 12.4. The molecule has 4 heteroatoms. The molecular formula is C21H30N2OS. The molecule has 3 nitrogen and oxygen atoms in total. The van der Waals surface area contributed by atoms with Crippen molar-refractivity contribution in [1.82, 2.24) is 0 Å². The van der Waals surface area contributed by atoms with Crippen LogP contribution < -0.4 is 5.32 Å². The van der Waals surface area contributed by atoms with Gasteiger partial charge in [0.2, 0.25) is 5.91 Å². The lowest BCUT2D eigenvalue weighted by atomic mass is 9.72. The van der Waals surface area contributed by atoms with Crippen LogP contribution in [0.15, 0.2) is 0 Å². The zero-order chi connectivity index (χ0) is 18.0. The second kappa shape index (κ2) is 7.50. The fourth-order valence-electron chi connectivity index (χ4n) is 4.35. The van der Waals surface area contributed by atoms with Crippen LogP contribution in [0.25, 0.3) is 0 Å². The molecule has 25 heavy (non-hydrogen) atoms. The van der Waals surface area contributed by atoms with Crippen molar-refractivity contribution >= 4 is 22.2 Å². The van der Waals surface area contributed by atoms with Gasteiger partial charge in [0.15, 0.2) is 0 Å². The summed E-state index contributed by atoms with van der Waals surface area (Å²) in [4.78, 5) is 13.7. The summed E-state index contributed by atoms with van der Waals surface area (Å²) in [5.74, 6) is 1.45. The summed E-state index contributed by atoms with van der Waals surface area (Å²) in [6.45, 7) is 6.90. The molecule has 1 aromatic heterocycles. The summed E-state index contributed by atoms with van der Waals surface area (Å²) in [6, 6.07) is 2.36. The van der Waals surface area contributed by atoms with Gasteiger partial charge in [-0.05, 0) is 48.5 Å². The fraction of sp³-hybridized carbons (Fsp3) is 0.714. The molecule has 0 aromatic carbocycles. The Morgan fingerprint density at radius 3 is 2.64 bits per heavy atom. The van der Waals surface area contributed by atoms with Crippen LogP contribution in [-0.4, -0.2) is 5.91 Å². The number of hydrogen-bond donors (Lipinski definition) is 1. The lowest BCUT2D eigenvalue weighted by molar-refractivity contribution is -0.116. The van der Waals surface area contributed by atoms with E-state index in [4.69, 9.17) is 0 Å². The second-order valence-corrected chi connectivity index (χ2v) is 9.97. The van der Waals surface area contributed by atoms with Gasteiger partial charge in [0.1, 0.15) is 11.1 Å². The van der Waals surface area contributed by atoms with E-state index in [-0.39, 0.29) is 5.91 Å². The third-order valence-corrected chi connectivity index (χ3v) is 7.28. The van der Waals surface area contributed by atoms with Crippen molar-refractivity contribution in [3.63, 3.8) is 0 Å². The molecule has 3 rings (SSSR count). The molecule has 1 aromatic rings. The molecule has 0 spiro atoms. The van der Waals surface area contributed by atoms with Crippen LogP contribution in [0.2, 0.25) is 0 Å². The Morgan fingerprint density at radius 2 is 2.00 bits per heavy atom. The molecule has 136 valence electrons. The van der Waals surface area contributed by atoms with Gasteiger partial charge in [-0.15, -0.1) is 11.3 Å². The standard InChI is InChI=1S/C21H30N2OS/c1-21(2,3)15-9-10-16-17(13-22)20(25-18(16)12-15)23-19(24)11-8-14-6-4-5-7-14/h14-15H,4-12H2,1-3H3,(H,23,24)/t15-/m1/s1. The van der Waals surface area contributed by atoms with Crippen LogP contribution in [0, 0.1) is 28.6 Å². The third kappa shape index (κ3) is 4.26. The van der Waals surface area contributed by atoms with Crippen molar-refractivity contribution in [2.45, 2.75) is 78.6 Å². The molecule has 1 fully saturated rings. The number of carbonyl (C=O) groups is 1. The van der Waals surface area contributed by atoms with Crippen molar-refractivity contribution in [3.8, 4) is 6.07 Å². The molecule has 2 aliphatic carbocycles. The molecule has 1 heterocycles. The summed E-state index contributed by atoms with van der Waals surface area (Å²) in [5, 5.41) is 13.5. The zero-order valence-electron chi connectivity index (χ0n) is 15.8. The predicted molar refractivity (Wildman–Crippen MR) is 104 cm³/mol. The number of anilines is 1. The summed E-state index contributed by atoms with van der Waals surface area (Å²) >= 11 is 1.64. The zero-order valence-corrected chi connectivity index (χ0v) is 16.6. The number of nitrogens with zero attached hydrogens (tertiary/aromatic N) is 1. The number of hydrogen-bond acceptors (Lipinski definition) is 3.